The maximum absolute atomic E-state index is 13.9. The molecule has 7 rings (SSSR count). The van der Waals surface area contributed by atoms with Gasteiger partial charge in [0.05, 0.1) is 16.8 Å². The van der Waals surface area contributed by atoms with E-state index in [4.69, 9.17) is 0 Å². The summed E-state index contributed by atoms with van der Waals surface area (Å²) < 4.78 is 0. The number of carbonyl (C=O) groups excluding carboxylic acids is 2. The minimum Gasteiger partial charge on any atom is -0.274 e. The van der Waals surface area contributed by atoms with Crippen molar-refractivity contribution < 1.29 is 14.5 Å². The Balaban J connectivity index is 1.61. The first-order valence-corrected chi connectivity index (χ1v) is 10.7. The van der Waals surface area contributed by atoms with E-state index in [1.54, 1.807) is 13.0 Å². The first-order valence-electron chi connectivity index (χ1n) is 10.7. The van der Waals surface area contributed by atoms with Crippen molar-refractivity contribution in [3.8, 4) is 0 Å². The number of benzene rings is 3. The average Bonchev–Trinajstić information content (AvgIpc) is 3.06. The second kappa shape index (κ2) is 6.13. The van der Waals surface area contributed by atoms with E-state index < -0.39 is 22.2 Å². The Labute approximate surface area is 184 Å². The van der Waals surface area contributed by atoms with Crippen LogP contribution in [0.5, 0.6) is 0 Å². The number of amides is 2. The van der Waals surface area contributed by atoms with Gasteiger partial charge in [0, 0.05) is 17.4 Å². The molecular formula is C26H20N2O4. The van der Waals surface area contributed by atoms with Gasteiger partial charge in [0.15, 0.2) is 0 Å². The summed E-state index contributed by atoms with van der Waals surface area (Å²) in [7, 11) is 0. The quantitative estimate of drug-likeness (QED) is 0.345. The summed E-state index contributed by atoms with van der Waals surface area (Å²) in [6, 6.07) is 20.7. The molecule has 3 aliphatic carbocycles. The molecule has 1 aliphatic heterocycles. The maximum atomic E-state index is 13.9. The van der Waals surface area contributed by atoms with Crippen LogP contribution < -0.4 is 4.90 Å². The molecule has 2 amide bonds. The molecule has 2 unspecified atom stereocenters. The molecule has 158 valence electrons. The lowest BCUT2D eigenvalue weighted by atomic mass is 9.48. The molecule has 6 nitrogen and oxygen atoms in total. The fraction of sp³-hybridized carbons (Fsp3) is 0.231. The van der Waals surface area contributed by atoms with E-state index in [0.717, 1.165) is 27.2 Å². The molecule has 0 N–H and O–H groups in total. The van der Waals surface area contributed by atoms with Gasteiger partial charge in [0.1, 0.15) is 5.69 Å². The Morgan fingerprint density at radius 3 is 2.09 bits per heavy atom. The minimum absolute atomic E-state index is 0.0566. The lowest BCUT2D eigenvalue weighted by Gasteiger charge is -2.52. The van der Waals surface area contributed by atoms with Gasteiger partial charge in [-0.05, 0) is 40.8 Å². The Bertz CT molecular complexity index is 1310. The summed E-state index contributed by atoms with van der Waals surface area (Å²) >= 11 is 0. The molecular weight excluding hydrogens is 404 g/mol. The van der Waals surface area contributed by atoms with Gasteiger partial charge >= 0.3 is 0 Å². The van der Waals surface area contributed by atoms with E-state index in [9.17, 15) is 19.7 Å². The van der Waals surface area contributed by atoms with Gasteiger partial charge in [-0.25, -0.2) is 4.90 Å². The van der Waals surface area contributed by atoms with Crippen LogP contribution in [-0.4, -0.2) is 16.7 Å². The number of nitro groups is 1. The third-order valence-corrected chi connectivity index (χ3v) is 7.61. The predicted octanol–water partition coefficient (Wildman–Crippen LogP) is 4.47. The molecule has 3 aromatic rings. The molecule has 1 saturated heterocycles. The SMILES string of the molecule is Cc1ccc(N2C(=O)C3C4c5ccccc5C(C)(c5ccccc54)C3C2=O)c([N+](=O)[O-])c1. The highest BCUT2D eigenvalue weighted by Crippen LogP contribution is 2.64. The van der Waals surface area contributed by atoms with E-state index in [0.29, 0.717) is 5.56 Å². The summed E-state index contributed by atoms with van der Waals surface area (Å²) in [5.41, 5.74) is 4.10. The predicted molar refractivity (Wildman–Crippen MR) is 118 cm³/mol. The standard InChI is InChI=1S/C26H20N2O4/c1-14-11-12-19(20(13-14)28(31)32)27-24(29)22-21-15-7-3-5-9-17(15)26(2,23(22)25(27)30)18-10-6-4-8-16(18)21/h3-13,21-23H,1-2H3. The van der Waals surface area contributed by atoms with Crippen molar-refractivity contribution in [1.82, 2.24) is 0 Å². The second-order valence-electron chi connectivity index (χ2n) is 9.12. The largest absolute Gasteiger partial charge is 0.293 e. The van der Waals surface area contributed by atoms with Gasteiger partial charge in [0.25, 0.3) is 5.69 Å². The Morgan fingerprint density at radius 2 is 1.50 bits per heavy atom. The summed E-state index contributed by atoms with van der Waals surface area (Å²) in [5, 5.41) is 11.8. The van der Waals surface area contributed by atoms with Crippen LogP contribution >= 0.6 is 0 Å². The number of anilines is 1. The van der Waals surface area contributed by atoms with E-state index in [-0.39, 0.29) is 29.1 Å². The van der Waals surface area contributed by atoms with E-state index >= 15 is 0 Å². The van der Waals surface area contributed by atoms with Crippen molar-refractivity contribution >= 4 is 23.2 Å². The molecule has 1 heterocycles. The van der Waals surface area contributed by atoms with Gasteiger partial charge in [-0.3, -0.25) is 19.7 Å². The molecule has 6 heteroatoms. The zero-order valence-electron chi connectivity index (χ0n) is 17.6. The van der Waals surface area contributed by atoms with Crippen LogP contribution in [0.3, 0.4) is 0 Å². The van der Waals surface area contributed by atoms with E-state index in [2.05, 4.69) is 0 Å². The molecule has 1 fully saturated rings. The number of nitrogens with zero attached hydrogens (tertiary/aromatic N) is 2. The van der Waals surface area contributed by atoms with Crippen LogP contribution in [0.25, 0.3) is 0 Å². The highest BCUT2D eigenvalue weighted by atomic mass is 16.6. The van der Waals surface area contributed by atoms with Gasteiger partial charge in [-0.1, -0.05) is 61.5 Å². The zero-order chi connectivity index (χ0) is 22.4. The van der Waals surface area contributed by atoms with Crippen molar-refractivity contribution in [2.45, 2.75) is 25.2 Å². The van der Waals surface area contributed by atoms with Crippen molar-refractivity contribution in [3.63, 3.8) is 0 Å². The number of rotatable bonds is 2. The normalized spacial score (nSPS) is 27.2. The summed E-state index contributed by atoms with van der Waals surface area (Å²) in [6.45, 7) is 3.79. The number of aryl methyl sites for hydroxylation is 1. The monoisotopic (exact) mass is 424 g/mol. The van der Waals surface area contributed by atoms with Crippen LogP contribution in [0.15, 0.2) is 66.7 Å². The fourth-order valence-electron chi connectivity index (χ4n) is 6.36. The van der Waals surface area contributed by atoms with Crippen molar-refractivity contribution in [3.05, 3.63) is 105 Å². The Morgan fingerprint density at radius 1 is 0.906 bits per heavy atom. The lowest BCUT2D eigenvalue weighted by Crippen LogP contribution is -2.51. The van der Waals surface area contributed by atoms with Crippen molar-refractivity contribution in [2.24, 2.45) is 11.8 Å². The summed E-state index contributed by atoms with van der Waals surface area (Å²) in [4.78, 5) is 40.1. The smallest absolute Gasteiger partial charge is 0.274 e. The molecule has 0 radical (unpaired) electrons. The lowest BCUT2D eigenvalue weighted by molar-refractivity contribution is -0.384. The maximum Gasteiger partial charge on any atom is 0.293 e. The van der Waals surface area contributed by atoms with Gasteiger partial charge < -0.3 is 0 Å². The number of hydrogen-bond acceptors (Lipinski definition) is 4. The second-order valence-corrected chi connectivity index (χ2v) is 9.12. The fourth-order valence-corrected chi connectivity index (χ4v) is 6.36. The molecule has 3 aromatic carbocycles. The van der Waals surface area contributed by atoms with E-state index in [1.807, 2.05) is 55.5 Å². The van der Waals surface area contributed by atoms with Gasteiger partial charge in [-0.15, -0.1) is 0 Å². The highest BCUT2D eigenvalue weighted by Gasteiger charge is 2.66. The molecule has 0 saturated carbocycles. The topological polar surface area (TPSA) is 80.5 Å². The number of nitro benzene ring substituents is 1. The zero-order valence-corrected chi connectivity index (χ0v) is 17.6. The number of carbonyl (C=O) groups is 2. The molecule has 0 spiro atoms. The third-order valence-electron chi connectivity index (χ3n) is 7.61. The van der Waals surface area contributed by atoms with Crippen LogP contribution in [0.1, 0.15) is 40.7 Å². The first-order chi connectivity index (χ1) is 15.4. The summed E-state index contributed by atoms with van der Waals surface area (Å²) in [6.07, 6.45) is 0. The molecule has 4 aliphatic rings. The van der Waals surface area contributed by atoms with E-state index in [1.165, 1.54) is 12.1 Å². The van der Waals surface area contributed by atoms with Crippen LogP contribution in [0.4, 0.5) is 11.4 Å². The molecule has 0 aromatic heterocycles. The number of hydrogen-bond donors (Lipinski definition) is 0. The minimum atomic E-state index is -0.687. The molecule has 32 heavy (non-hydrogen) atoms. The molecule has 2 bridgehead atoms. The third kappa shape index (κ3) is 2.09. The number of imide groups is 1. The first kappa shape index (κ1) is 18.9. The van der Waals surface area contributed by atoms with Crippen molar-refractivity contribution in [2.75, 3.05) is 4.90 Å². The Hall–Kier alpha value is -3.80. The van der Waals surface area contributed by atoms with Crippen LogP contribution in [0.2, 0.25) is 0 Å². The van der Waals surface area contributed by atoms with Crippen LogP contribution in [0, 0.1) is 28.9 Å². The van der Waals surface area contributed by atoms with Gasteiger partial charge in [-0.2, -0.15) is 0 Å². The van der Waals surface area contributed by atoms with Crippen LogP contribution in [-0.2, 0) is 15.0 Å². The van der Waals surface area contributed by atoms with Crippen molar-refractivity contribution in [1.29, 1.82) is 0 Å². The Kier molecular flexibility index (Phi) is 3.62. The molecule has 2 atom stereocenters. The summed E-state index contributed by atoms with van der Waals surface area (Å²) in [5.74, 6) is -2.15. The van der Waals surface area contributed by atoms with Gasteiger partial charge in [0.2, 0.25) is 11.8 Å². The average molecular weight is 424 g/mol. The highest BCUT2D eigenvalue weighted by molar-refractivity contribution is 6.24.